The molecule has 2 heterocycles. The maximum atomic E-state index is 12.7. The smallest absolute Gasteiger partial charge is 0.253 e. The molecule has 132 valence electrons. The van der Waals surface area contributed by atoms with Crippen LogP contribution in [-0.2, 0) is 20.0 Å². The summed E-state index contributed by atoms with van der Waals surface area (Å²) in [5.74, 6) is 0. The molecule has 0 radical (unpaired) electrons. The number of thiophene rings is 1. The Hall–Kier alpha value is -0.560. The van der Waals surface area contributed by atoms with Crippen molar-refractivity contribution >= 4 is 31.4 Å². The lowest BCUT2D eigenvalue weighted by atomic mass is 10.1. The van der Waals surface area contributed by atoms with Crippen molar-refractivity contribution in [2.24, 2.45) is 5.14 Å². The summed E-state index contributed by atoms with van der Waals surface area (Å²) in [4.78, 5) is 0. The second-order valence-electron chi connectivity index (χ2n) is 5.53. The largest absolute Gasteiger partial charge is 0.392 e. The van der Waals surface area contributed by atoms with Gasteiger partial charge in [0.25, 0.3) is 10.0 Å². The first-order valence-corrected chi connectivity index (χ1v) is 11.0. The molecule has 1 aliphatic rings. The van der Waals surface area contributed by atoms with E-state index in [-0.39, 0.29) is 27.5 Å². The molecule has 0 spiro atoms. The van der Waals surface area contributed by atoms with Gasteiger partial charge in [-0.05, 0) is 26.0 Å². The third kappa shape index (κ3) is 3.92. The normalized spacial score (nSPS) is 22.7. The summed E-state index contributed by atoms with van der Waals surface area (Å²) in [5, 5.41) is 17.9. The van der Waals surface area contributed by atoms with Crippen molar-refractivity contribution in [3.63, 3.8) is 0 Å². The van der Waals surface area contributed by atoms with Gasteiger partial charge in [-0.3, -0.25) is 0 Å². The molecule has 0 bridgehead atoms. The average Bonchev–Trinajstić information content (AvgIpc) is 2.86. The lowest BCUT2D eigenvalue weighted by Crippen LogP contribution is -2.45. The Morgan fingerprint density at radius 1 is 1.57 bits per heavy atom. The highest BCUT2D eigenvalue weighted by Crippen LogP contribution is 2.39. The Bertz CT molecular complexity index is 770. The van der Waals surface area contributed by atoms with Gasteiger partial charge in [-0.2, -0.15) is 4.31 Å². The zero-order valence-corrected chi connectivity index (χ0v) is 15.3. The second kappa shape index (κ2) is 6.75. The first-order valence-electron chi connectivity index (χ1n) is 7.15. The van der Waals surface area contributed by atoms with Gasteiger partial charge in [0, 0.05) is 24.7 Å². The van der Waals surface area contributed by atoms with E-state index in [1.54, 1.807) is 0 Å². The van der Waals surface area contributed by atoms with Gasteiger partial charge in [0.2, 0.25) is 10.0 Å². The Labute approximate surface area is 140 Å². The molecule has 11 heteroatoms. The van der Waals surface area contributed by atoms with E-state index in [0.717, 1.165) is 6.42 Å². The van der Waals surface area contributed by atoms with E-state index in [9.17, 15) is 21.9 Å². The van der Waals surface area contributed by atoms with Gasteiger partial charge in [-0.1, -0.05) is 6.92 Å². The monoisotopic (exact) mass is 383 g/mol. The summed E-state index contributed by atoms with van der Waals surface area (Å²) >= 11 is 0.653. The number of primary sulfonamides is 1. The highest BCUT2D eigenvalue weighted by molar-refractivity contribution is 7.94. The highest BCUT2D eigenvalue weighted by Gasteiger charge is 2.40. The number of aliphatic hydroxyl groups is 1. The molecular weight excluding hydrogens is 362 g/mol. The number of β-amino-alcohol motifs (C(OH)–C–C–N with tert-alkyl or cyclic N) is 1. The number of nitrogens with two attached hydrogens (primary N) is 1. The first kappa shape index (κ1) is 18.8. The van der Waals surface area contributed by atoms with Crippen molar-refractivity contribution in [2.75, 3.05) is 19.6 Å². The molecule has 0 fully saturated rings. The van der Waals surface area contributed by atoms with Crippen LogP contribution in [0.4, 0.5) is 0 Å². The van der Waals surface area contributed by atoms with Gasteiger partial charge in [0.15, 0.2) is 0 Å². The summed E-state index contributed by atoms with van der Waals surface area (Å²) in [6.07, 6.45) is 0.0251. The molecule has 1 aromatic rings. The van der Waals surface area contributed by atoms with E-state index in [1.165, 1.54) is 17.3 Å². The van der Waals surface area contributed by atoms with Crippen LogP contribution in [0.5, 0.6) is 0 Å². The lowest BCUT2D eigenvalue weighted by molar-refractivity contribution is 0.157. The van der Waals surface area contributed by atoms with E-state index < -0.39 is 26.2 Å². The van der Waals surface area contributed by atoms with Gasteiger partial charge in [0.1, 0.15) is 8.42 Å². The molecule has 1 aliphatic heterocycles. The summed E-state index contributed by atoms with van der Waals surface area (Å²) in [6, 6.07) is 0.999. The number of rotatable bonds is 6. The van der Waals surface area contributed by atoms with Crippen LogP contribution in [0, 0.1) is 0 Å². The van der Waals surface area contributed by atoms with Gasteiger partial charge < -0.3 is 10.4 Å². The number of aliphatic hydroxyl groups excluding tert-OH is 1. The van der Waals surface area contributed by atoms with E-state index in [4.69, 9.17) is 5.14 Å². The number of hydrogen-bond acceptors (Lipinski definition) is 7. The standard InChI is InChI=1S/C12H21N3O5S3/c1-3-4-14-10-7-15(6-8(2)16)23(19,20)12-9(10)5-11(21-12)22(13,17)18/h5,8,10,14,16H,3-4,6-7H2,1-2H3,(H2,13,17,18). The van der Waals surface area contributed by atoms with Crippen molar-refractivity contribution in [3.8, 4) is 0 Å². The zero-order valence-electron chi connectivity index (χ0n) is 12.9. The molecule has 4 N–H and O–H groups in total. The number of hydrogen-bond donors (Lipinski definition) is 3. The van der Waals surface area contributed by atoms with Crippen molar-refractivity contribution in [3.05, 3.63) is 11.6 Å². The molecule has 0 saturated carbocycles. The number of sulfonamides is 2. The van der Waals surface area contributed by atoms with Crippen molar-refractivity contribution in [1.29, 1.82) is 0 Å². The molecule has 0 aromatic carbocycles. The summed E-state index contributed by atoms with van der Waals surface area (Å²) in [7, 11) is -7.82. The molecule has 0 saturated heterocycles. The van der Waals surface area contributed by atoms with Crippen LogP contribution in [0.15, 0.2) is 14.5 Å². The summed E-state index contributed by atoms with van der Waals surface area (Å²) in [6.45, 7) is 4.23. The molecule has 2 unspecified atom stereocenters. The fourth-order valence-electron chi connectivity index (χ4n) is 2.43. The van der Waals surface area contributed by atoms with E-state index in [0.29, 0.717) is 23.4 Å². The maximum Gasteiger partial charge on any atom is 0.253 e. The van der Waals surface area contributed by atoms with Gasteiger partial charge in [-0.15, -0.1) is 11.3 Å². The van der Waals surface area contributed by atoms with E-state index in [2.05, 4.69) is 5.32 Å². The van der Waals surface area contributed by atoms with Crippen LogP contribution in [-0.4, -0.2) is 52.0 Å². The second-order valence-corrected chi connectivity index (χ2v) is 10.5. The van der Waals surface area contributed by atoms with Crippen LogP contribution in [0.2, 0.25) is 0 Å². The van der Waals surface area contributed by atoms with Crippen molar-refractivity contribution in [2.45, 2.75) is 40.8 Å². The maximum absolute atomic E-state index is 12.7. The quantitative estimate of drug-likeness (QED) is 0.625. The fourth-order valence-corrected chi connectivity index (χ4v) is 6.78. The fraction of sp³-hybridized carbons (Fsp3) is 0.667. The van der Waals surface area contributed by atoms with Crippen molar-refractivity contribution in [1.82, 2.24) is 9.62 Å². The number of nitrogens with one attached hydrogen (secondary N) is 1. The lowest BCUT2D eigenvalue weighted by Gasteiger charge is -2.33. The third-order valence-corrected chi connectivity index (χ3v) is 8.36. The number of nitrogens with zero attached hydrogens (tertiary/aromatic N) is 1. The van der Waals surface area contributed by atoms with E-state index in [1.807, 2.05) is 6.92 Å². The average molecular weight is 384 g/mol. The Balaban J connectivity index is 2.53. The topological polar surface area (TPSA) is 130 Å². The minimum absolute atomic E-state index is 0.0259. The molecule has 0 aliphatic carbocycles. The highest BCUT2D eigenvalue weighted by atomic mass is 32.3. The molecule has 0 amide bonds. The molecule has 1 aromatic heterocycles. The minimum Gasteiger partial charge on any atom is -0.392 e. The molecule has 2 atom stereocenters. The van der Waals surface area contributed by atoms with Crippen LogP contribution in [0.25, 0.3) is 0 Å². The summed E-state index contributed by atoms with van der Waals surface area (Å²) in [5.41, 5.74) is 0.425. The first-order chi connectivity index (χ1) is 10.6. The Kier molecular flexibility index (Phi) is 5.51. The SMILES string of the molecule is CCCNC1CN(CC(C)O)S(=O)(=O)c2sc(S(N)(=O)=O)cc21. The predicted octanol–water partition coefficient (Wildman–Crippen LogP) is -0.179. The van der Waals surface area contributed by atoms with Crippen LogP contribution >= 0.6 is 11.3 Å². The van der Waals surface area contributed by atoms with Crippen LogP contribution in [0.1, 0.15) is 31.9 Å². The Morgan fingerprint density at radius 2 is 2.22 bits per heavy atom. The molecule has 8 nitrogen and oxygen atoms in total. The van der Waals surface area contributed by atoms with Crippen LogP contribution < -0.4 is 10.5 Å². The van der Waals surface area contributed by atoms with Gasteiger partial charge in [0.05, 0.1) is 6.10 Å². The van der Waals surface area contributed by atoms with E-state index >= 15 is 0 Å². The number of fused-ring (bicyclic) bond motifs is 1. The molecule has 23 heavy (non-hydrogen) atoms. The zero-order chi connectivity index (χ0) is 17.4. The molecular formula is C12H21N3O5S3. The van der Waals surface area contributed by atoms with Crippen LogP contribution in [0.3, 0.4) is 0 Å². The molecule has 2 rings (SSSR count). The minimum atomic E-state index is -3.97. The van der Waals surface area contributed by atoms with Crippen molar-refractivity contribution < 1.29 is 21.9 Å². The Morgan fingerprint density at radius 3 is 2.74 bits per heavy atom. The summed E-state index contributed by atoms with van der Waals surface area (Å²) < 4.78 is 49.4. The van der Waals surface area contributed by atoms with Gasteiger partial charge in [-0.25, -0.2) is 22.0 Å². The predicted molar refractivity (Wildman–Crippen MR) is 87.2 cm³/mol. The third-order valence-electron chi connectivity index (χ3n) is 3.43. The van der Waals surface area contributed by atoms with Gasteiger partial charge >= 0.3 is 0 Å².